The number of aromatic nitrogens is 2. The molecule has 1 aliphatic carbocycles. The Morgan fingerprint density at radius 2 is 1.94 bits per heavy atom. The lowest BCUT2D eigenvalue weighted by Crippen LogP contribution is -2.12. The third kappa shape index (κ3) is 4.00. The van der Waals surface area contributed by atoms with Gasteiger partial charge in [-0.1, -0.05) is 55.3 Å². The van der Waals surface area contributed by atoms with Crippen molar-refractivity contribution in [2.24, 2.45) is 5.92 Å². The molecule has 3 nitrogen and oxygen atoms in total. The summed E-state index contributed by atoms with van der Waals surface area (Å²) in [5.74, 6) is 0.861. The molecule has 5 heteroatoms. The molecule has 0 bridgehead atoms. The molecule has 2 rings (SSSR count). The van der Waals surface area contributed by atoms with E-state index >= 15 is 0 Å². The molecule has 0 aromatic carbocycles. The van der Waals surface area contributed by atoms with Gasteiger partial charge in [0, 0.05) is 12.6 Å². The van der Waals surface area contributed by atoms with Crippen LogP contribution >= 0.6 is 23.2 Å². The Hall–Kier alpha value is -0.540. The zero-order valence-electron chi connectivity index (χ0n) is 9.75. The Bertz CT molecular complexity index is 365. The van der Waals surface area contributed by atoms with Crippen LogP contribution in [0.15, 0.2) is 6.07 Å². The minimum absolute atomic E-state index is 0.370. The van der Waals surface area contributed by atoms with Gasteiger partial charge < -0.3 is 5.32 Å². The third-order valence-corrected chi connectivity index (χ3v) is 3.78. The Morgan fingerprint density at radius 3 is 2.71 bits per heavy atom. The highest BCUT2D eigenvalue weighted by Gasteiger charge is 2.13. The molecule has 1 aliphatic rings. The molecule has 0 spiro atoms. The molecule has 1 saturated carbocycles. The van der Waals surface area contributed by atoms with E-state index < -0.39 is 0 Å². The Morgan fingerprint density at radius 1 is 1.18 bits per heavy atom. The van der Waals surface area contributed by atoms with E-state index in [0.29, 0.717) is 10.3 Å². The van der Waals surface area contributed by atoms with Crippen molar-refractivity contribution in [3.63, 3.8) is 0 Å². The number of nitrogens with one attached hydrogen (secondary N) is 1. The SMILES string of the molecule is Clc1cc(NCCC2CCCCC2)c(Cl)nn1. The van der Waals surface area contributed by atoms with E-state index in [1.165, 1.54) is 38.5 Å². The number of rotatable bonds is 4. The lowest BCUT2D eigenvalue weighted by Gasteiger charge is -2.21. The molecule has 0 atom stereocenters. The van der Waals surface area contributed by atoms with E-state index in [0.717, 1.165) is 18.2 Å². The Kier molecular flexibility index (Phi) is 4.86. The molecule has 0 saturated heterocycles. The minimum atomic E-state index is 0.370. The van der Waals surface area contributed by atoms with Gasteiger partial charge in [0.1, 0.15) is 0 Å². The topological polar surface area (TPSA) is 37.8 Å². The van der Waals surface area contributed by atoms with Crippen LogP contribution in [-0.2, 0) is 0 Å². The summed E-state index contributed by atoms with van der Waals surface area (Å²) in [6, 6.07) is 1.72. The van der Waals surface area contributed by atoms with E-state index in [1.807, 2.05) is 0 Å². The molecule has 1 aromatic rings. The van der Waals surface area contributed by atoms with Gasteiger partial charge >= 0.3 is 0 Å². The molecule has 0 unspecified atom stereocenters. The van der Waals surface area contributed by atoms with Gasteiger partial charge in [-0.25, -0.2) is 0 Å². The average Bonchev–Trinajstić information content (AvgIpc) is 2.35. The van der Waals surface area contributed by atoms with Crippen LogP contribution in [0.2, 0.25) is 10.3 Å². The monoisotopic (exact) mass is 273 g/mol. The van der Waals surface area contributed by atoms with Crippen LogP contribution in [0.4, 0.5) is 5.69 Å². The van der Waals surface area contributed by atoms with E-state index in [2.05, 4.69) is 15.5 Å². The summed E-state index contributed by atoms with van der Waals surface area (Å²) in [5.41, 5.74) is 0.780. The highest BCUT2D eigenvalue weighted by molar-refractivity contribution is 6.33. The predicted molar refractivity (Wildman–Crippen MR) is 71.7 cm³/mol. The molecule has 1 heterocycles. The normalized spacial score (nSPS) is 17.1. The largest absolute Gasteiger partial charge is 0.382 e. The van der Waals surface area contributed by atoms with E-state index in [9.17, 15) is 0 Å². The number of nitrogens with zero attached hydrogens (tertiary/aromatic N) is 2. The van der Waals surface area contributed by atoms with E-state index in [4.69, 9.17) is 23.2 Å². The van der Waals surface area contributed by atoms with E-state index in [-0.39, 0.29) is 0 Å². The van der Waals surface area contributed by atoms with Gasteiger partial charge in [-0.3, -0.25) is 0 Å². The predicted octanol–water partition coefficient (Wildman–Crippen LogP) is 4.17. The van der Waals surface area contributed by atoms with Crippen LogP contribution in [0.25, 0.3) is 0 Å². The zero-order chi connectivity index (χ0) is 12.1. The van der Waals surface area contributed by atoms with Crippen molar-refractivity contribution in [1.29, 1.82) is 0 Å². The first-order valence-corrected chi connectivity index (χ1v) is 6.94. The maximum Gasteiger partial charge on any atom is 0.174 e. The van der Waals surface area contributed by atoms with Crippen molar-refractivity contribution in [2.45, 2.75) is 38.5 Å². The number of hydrogen-bond donors (Lipinski definition) is 1. The van der Waals surface area contributed by atoms with Crippen LogP contribution in [-0.4, -0.2) is 16.7 Å². The Balaban J connectivity index is 1.79. The van der Waals surface area contributed by atoms with Crippen molar-refractivity contribution >= 4 is 28.9 Å². The summed E-state index contributed by atoms with van der Waals surface area (Å²) in [7, 11) is 0. The average molecular weight is 274 g/mol. The van der Waals surface area contributed by atoms with Gasteiger partial charge in [0.05, 0.1) is 5.69 Å². The van der Waals surface area contributed by atoms with Crippen molar-refractivity contribution in [1.82, 2.24) is 10.2 Å². The summed E-state index contributed by atoms with van der Waals surface area (Å²) in [6.45, 7) is 0.923. The van der Waals surface area contributed by atoms with Gasteiger partial charge in [-0.05, 0) is 12.3 Å². The molecule has 17 heavy (non-hydrogen) atoms. The fourth-order valence-corrected chi connectivity index (χ4v) is 2.67. The van der Waals surface area contributed by atoms with Crippen molar-refractivity contribution in [2.75, 3.05) is 11.9 Å². The second kappa shape index (κ2) is 6.41. The number of halogens is 2. The molecule has 1 aromatic heterocycles. The fraction of sp³-hybridized carbons (Fsp3) is 0.667. The maximum absolute atomic E-state index is 5.92. The van der Waals surface area contributed by atoms with Crippen molar-refractivity contribution in [3.05, 3.63) is 16.4 Å². The first kappa shape index (κ1) is 12.9. The standard InChI is InChI=1S/C12H17Cl2N3/c13-11-8-10(12(14)17-16-11)15-7-6-9-4-2-1-3-5-9/h8-9H,1-7H2,(H,15,16). The molecule has 0 aliphatic heterocycles. The highest BCUT2D eigenvalue weighted by Crippen LogP contribution is 2.27. The molecule has 1 N–H and O–H groups in total. The molecular formula is C12H17Cl2N3. The van der Waals surface area contributed by atoms with Gasteiger partial charge in [0.15, 0.2) is 10.3 Å². The summed E-state index contributed by atoms with van der Waals surface area (Å²) in [6.07, 6.45) is 8.09. The zero-order valence-corrected chi connectivity index (χ0v) is 11.3. The number of anilines is 1. The van der Waals surface area contributed by atoms with Gasteiger partial charge in [0.2, 0.25) is 0 Å². The Labute approximate surface area is 112 Å². The first-order valence-electron chi connectivity index (χ1n) is 6.18. The first-order chi connectivity index (χ1) is 8.25. The van der Waals surface area contributed by atoms with Gasteiger partial charge in [0.25, 0.3) is 0 Å². The van der Waals surface area contributed by atoms with Gasteiger partial charge in [-0.2, -0.15) is 0 Å². The summed E-state index contributed by atoms with van der Waals surface area (Å²) in [5, 5.41) is 11.5. The highest BCUT2D eigenvalue weighted by atomic mass is 35.5. The van der Waals surface area contributed by atoms with E-state index in [1.54, 1.807) is 6.07 Å². The van der Waals surface area contributed by atoms with Crippen LogP contribution in [0.5, 0.6) is 0 Å². The minimum Gasteiger partial charge on any atom is -0.382 e. The summed E-state index contributed by atoms with van der Waals surface area (Å²) in [4.78, 5) is 0. The maximum atomic E-state index is 5.92. The van der Waals surface area contributed by atoms with Crippen molar-refractivity contribution < 1.29 is 0 Å². The van der Waals surface area contributed by atoms with Crippen LogP contribution < -0.4 is 5.32 Å². The molecule has 0 amide bonds. The lowest BCUT2D eigenvalue weighted by atomic mass is 9.87. The third-order valence-electron chi connectivity index (χ3n) is 3.31. The molecule has 1 fully saturated rings. The molecule has 94 valence electrons. The van der Waals surface area contributed by atoms with Crippen LogP contribution in [0.1, 0.15) is 38.5 Å². The fourth-order valence-electron chi connectivity index (χ4n) is 2.36. The smallest absolute Gasteiger partial charge is 0.174 e. The van der Waals surface area contributed by atoms with Crippen LogP contribution in [0, 0.1) is 5.92 Å². The second-order valence-electron chi connectivity index (χ2n) is 4.59. The summed E-state index contributed by atoms with van der Waals surface area (Å²) >= 11 is 11.7. The molecule has 0 radical (unpaired) electrons. The van der Waals surface area contributed by atoms with Crippen LogP contribution in [0.3, 0.4) is 0 Å². The second-order valence-corrected chi connectivity index (χ2v) is 5.34. The summed E-state index contributed by atoms with van der Waals surface area (Å²) < 4.78 is 0. The lowest BCUT2D eigenvalue weighted by molar-refractivity contribution is 0.345. The van der Waals surface area contributed by atoms with Crippen molar-refractivity contribution in [3.8, 4) is 0 Å². The number of hydrogen-bond acceptors (Lipinski definition) is 3. The quantitative estimate of drug-likeness (QED) is 0.895. The molecular weight excluding hydrogens is 257 g/mol. The van der Waals surface area contributed by atoms with Gasteiger partial charge in [-0.15, -0.1) is 10.2 Å².